The molecule has 1 N–H and O–H groups in total. The highest BCUT2D eigenvalue weighted by Crippen LogP contribution is 2.23. The van der Waals surface area contributed by atoms with Gasteiger partial charge in [0.1, 0.15) is 0 Å². The van der Waals surface area contributed by atoms with E-state index in [-0.39, 0.29) is 11.8 Å². The lowest BCUT2D eigenvalue weighted by molar-refractivity contribution is -0.125. The predicted octanol–water partition coefficient (Wildman–Crippen LogP) is 4.31. The van der Waals surface area contributed by atoms with Crippen LogP contribution in [0.15, 0.2) is 66.7 Å². The Kier molecular flexibility index (Phi) is 7.55. The van der Waals surface area contributed by atoms with Crippen molar-refractivity contribution in [3.05, 3.63) is 72.3 Å². The van der Waals surface area contributed by atoms with E-state index in [4.69, 9.17) is 0 Å². The summed E-state index contributed by atoms with van der Waals surface area (Å²) < 4.78 is 0. The van der Waals surface area contributed by atoms with E-state index in [2.05, 4.69) is 75.7 Å². The summed E-state index contributed by atoms with van der Waals surface area (Å²) in [4.78, 5) is 17.2. The number of rotatable bonds is 8. The van der Waals surface area contributed by atoms with Gasteiger partial charge in [0, 0.05) is 44.5 Å². The topological polar surface area (TPSA) is 61.4 Å². The van der Waals surface area contributed by atoms with Crippen LogP contribution in [-0.4, -0.2) is 49.3 Å². The van der Waals surface area contributed by atoms with Crippen LogP contribution in [0.2, 0.25) is 0 Å². The van der Waals surface area contributed by atoms with Gasteiger partial charge in [-0.1, -0.05) is 48.0 Å². The lowest BCUT2D eigenvalue weighted by Crippen LogP contribution is -2.44. The first-order valence-corrected chi connectivity index (χ1v) is 11.8. The van der Waals surface area contributed by atoms with Crippen LogP contribution in [-0.2, 0) is 4.79 Å². The van der Waals surface area contributed by atoms with Crippen LogP contribution in [0, 0.1) is 12.8 Å². The Morgan fingerprint density at radius 3 is 2.58 bits per heavy atom. The number of hydrogen-bond acceptors (Lipinski definition) is 5. The van der Waals surface area contributed by atoms with E-state index in [1.165, 1.54) is 11.3 Å². The van der Waals surface area contributed by atoms with Gasteiger partial charge in [-0.25, -0.2) is 0 Å². The summed E-state index contributed by atoms with van der Waals surface area (Å²) >= 11 is 0. The average molecular weight is 444 g/mol. The molecule has 1 fully saturated rings. The summed E-state index contributed by atoms with van der Waals surface area (Å²) in [6.07, 6.45) is 2.82. The quantitative estimate of drug-likeness (QED) is 0.526. The Bertz CT molecular complexity index is 1020. The smallest absolute Gasteiger partial charge is 0.224 e. The van der Waals surface area contributed by atoms with Crippen molar-refractivity contribution in [1.82, 2.24) is 15.5 Å². The van der Waals surface area contributed by atoms with Crippen LogP contribution in [0.25, 0.3) is 11.3 Å². The van der Waals surface area contributed by atoms with Gasteiger partial charge in [-0.05, 0) is 50.5 Å². The summed E-state index contributed by atoms with van der Waals surface area (Å²) in [5.41, 5.74) is 4.35. The molecule has 2 aromatic carbocycles. The zero-order valence-electron chi connectivity index (χ0n) is 19.6. The molecule has 0 aliphatic carbocycles. The fourth-order valence-electron chi connectivity index (χ4n) is 4.26. The van der Waals surface area contributed by atoms with E-state index >= 15 is 0 Å². The van der Waals surface area contributed by atoms with E-state index in [1.54, 1.807) is 0 Å². The molecule has 172 valence electrons. The van der Waals surface area contributed by atoms with Gasteiger partial charge in [0.25, 0.3) is 0 Å². The number of carbonyl (C=O) groups excluding carboxylic acids is 1. The number of aromatic nitrogens is 2. The third-order valence-electron chi connectivity index (χ3n) is 6.28. The lowest BCUT2D eigenvalue weighted by Gasteiger charge is -2.32. The van der Waals surface area contributed by atoms with Crippen molar-refractivity contribution in [2.75, 3.05) is 43.0 Å². The van der Waals surface area contributed by atoms with E-state index in [1.807, 2.05) is 30.3 Å². The number of piperidine rings is 1. The molecule has 1 aromatic heterocycles. The molecule has 1 aliphatic heterocycles. The molecule has 6 heteroatoms. The average Bonchev–Trinajstić information content (AvgIpc) is 2.87. The number of nitrogens with one attached hydrogen (secondary N) is 1. The van der Waals surface area contributed by atoms with Crippen molar-refractivity contribution in [1.29, 1.82) is 0 Å². The molecule has 0 saturated carbocycles. The van der Waals surface area contributed by atoms with Crippen molar-refractivity contribution in [2.24, 2.45) is 5.92 Å². The molecule has 0 radical (unpaired) electrons. The van der Waals surface area contributed by atoms with Crippen molar-refractivity contribution >= 4 is 17.4 Å². The summed E-state index contributed by atoms with van der Waals surface area (Å²) in [6.45, 7) is 5.27. The van der Waals surface area contributed by atoms with Crippen LogP contribution < -0.4 is 15.1 Å². The van der Waals surface area contributed by atoms with Crippen molar-refractivity contribution in [3.63, 3.8) is 0 Å². The maximum Gasteiger partial charge on any atom is 0.224 e. The monoisotopic (exact) mass is 443 g/mol. The molecule has 1 atom stereocenters. The highest BCUT2D eigenvalue weighted by atomic mass is 16.1. The normalized spacial score (nSPS) is 15.8. The molecule has 33 heavy (non-hydrogen) atoms. The van der Waals surface area contributed by atoms with E-state index < -0.39 is 0 Å². The second kappa shape index (κ2) is 10.9. The highest BCUT2D eigenvalue weighted by Gasteiger charge is 2.26. The molecular weight excluding hydrogens is 410 g/mol. The predicted molar refractivity (Wildman–Crippen MR) is 134 cm³/mol. The van der Waals surface area contributed by atoms with Gasteiger partial charge in [-0.2, -0.15) is 0 Å². The van der Waals surface area contributed by atoms with E-state index in [0.717, 1.165) is 49.4 Å². The lowest BCUT2D eigenvalue weighted by atomic mass is 9.97. The number of amides is 1. The van der Waals surface area contributed by atoms with Crippen LogP contribution in [0.1, 0.15) is 24.8 Å². The third-order valence-corrected chi connectivity index (χ3v) is 6.28. The minimum absolute atomic E-state index is 0.0100. The maximum absolute atomic E-state index is 12.8. The molecule has 3 aromatic rings. The first kappa shape index (κ1) is 22.8. The Labute approximate surface area is 196 Å². The minimum Gasteiger partial charge on any atom is -0.375 e. The zero-order chi connectivity index (χ0) is 23.0. The van der Waals surface area contributed by atoms with E-state index in [0.29, 0.717) is 13.1 Å². The summed E-state index contributed by atoms with van der Waals surface area (Å²) in [7, 11) is 2.08. The molecule has 2 heterocycles. The second-order valence-electron chi connectivity index (χ2n) is 8.83. The summed E-state index contributed by atoms with van der Waals surface area (Å²) in [5.74, 6) is 0.975. The van der Waals surface area contributed by atoms with Gasteiger partial charge in [-0.15, -0.1) is 10.2 Å². The molecule has 0 bridgehead atoms. The zero-order valence-corrected chi connectivity index (χ0v) is 19.6. The molecule has 6 nitrogen and oxygen atoms in total. The molecule has 4 rings (SSSR count). The number of anilines is 2. The summed E-state index contributed by atoms with van der Waals surface area (Å²) in [6, 6.07) is 22.6. The molecule has 0 unspecified atom stereocenters. The van der Waals surface area contributed by atoms with Gasteiger partial charge < -0.3 is 15.1 Å². The Morgan fingerprint density at radius 2 is 1.85 bits per heavy atom. The Morgan fingerprint density at radius 1 is 1.06 bits per heavy atom. The number of hydrogen-bond donors (Lipinski definition) is 1. The minimum atomic E-state index is -0.0100. The number of benzene rings is 2. The van der Waals surface area contributed by atoms with Gasteiger partial charge >= 0.3 is 0 Å². The summed E-state index contributed by atoms with van der Waals surface area (Å²) in [5, 5.41) is 12.0. The Balaban J connectivity index is 1.25. The van der Waals surface area contributed by atoms with Gasteiger partial charge in [-0.3, -0.25) is 4.79 Å². The van der Waals surface area contributed by atoms with Crippen molar-refractivity contribution in [2.45, 2.75) is 26.2 Å². The number of carbonyl (C=O) groups is 1. The maximum atomic E-state index is 12.8. The van der Waals surface area contributed by atoms with Crippen LogP contribution >= 0.6 is 0 Å². The molecule has 0 spiro atoms. The number of nitrogens with zero attached hydrogens (tertiary/aromatic N) is 4. The second-order valence-corrected chi connectivity index (χ2v) is 8.83. The fraction of sp³-hybridized carbons (Fsp3) is 0.370. The Hall–Kier alpha value is -3.41. The standard InChI is InChI=1S/C27H33N5O/c1-21-11-13-22(14-12-21)25-15-16-26(30-29-25)32-19-6-8-23(20-32)27(33)28-17-7-18-31(2)24-9-4-3-5-10-24/h3-5,9-16,23H,6-8,17-20H2,1-2H3,(H,28,33)/t23-/m0/s1. The van der Waals surface area contributed by atoms with Gasteiger partial charge in [0.15, 0.2) is 5.82 Å². The fourth-order valence-corrected chi connectivity index (χ4v) is 4.26. The molecule has 1 aliphatic rings. The number of para-hydroxylation sites is 1. The third kappa shape index (κ3) is 6.09. The molecule has 1 saturated heterocycles. The SMILES string of the molecule is Cc1ccc(-c2ccc(N3CCC[C@H](C(=O)NCCCN(C)c4ccccc4)C3)nn2)cc1. The van der Waals surface area contributed by atoms with Crippen LogP contribution in [0.4, 0.5) is 11.5 Å². The largest absolute Gasteiger partial charge is 0.375 e. The van der Waals surface area contributed by atoms with Crippen molar-refractivity contribution in [3.8, 4) is 11.3 Å². The molecule has 1 amide bonds. The van der Waals surface area contributed by atoms with Crippen molar-refractivity contribution < 1.29 is 4.79 Å². The van der Waals surface area contributed by atoms with Gasteiger partial charge in [0.2, 0.25) is 5.91 Å². The first-order chi connectivity index (χ1) is 16.1. The first-order valence-electron chi connectivity index (χ1n) is 11.8. The van der Waals surface area contributed by atoms with Crippen LogP contribution in [0.5, 0.6) is 0 Å². The van der Waals surface area contributed by atoms with Gasteiger partial charge in [0.05, 0.1) is 11.6 Å². The number of aryl methyl sites for hydroxylation is 1. The van der Waals surface area contributed by atoms with E-state index in [9.17, 15) is 4.79 Å². The van der Waals surface area contributed by atoms with Crippen LogP contribution in [0.3, 0.4) is 0 Å². The molecular formula is C27H33N5O. The highest BCUT2D eigenvalue weighted by molar-refractivity contribution is 5.79.